The molecular formula is C13H15N3O2S. The quantitative estimate of drug-likeness (QED) is 0.738. The number of rotatable bonds is 4. The molecule has 5 N–H and O–H groups in total. The van der Waals surface area contributed by atoms with Gasteiger partial charge in [-0.2, -0.15) is 0 Å². The highest BCUT2D eigenvalue weighted by molar-refractivity contribution is 7.89. The molecule has 0 unspecified atom stereocenters. The third-order valence-corrected chi connectivity index (χ3v) is 3.65. The summed E-state index contributed by atoms with van der Waals surface area (Å²) in [5.74, 6) is 0. The summed E-state index contributed by atoms with van der Waals surface area (Å²) in [4.78, 5) is 0.0947. The van der Waals surface area contributed by atoms with Crippen molar-refractivity contribution < 1.29 is 8.42 Å². The molecule has 2 rings (SSSR count). The van der Waals surface area contributed by atoms with E-state index in [-0.39, 0.29) is 4.90 Å². The van der Waals surface area contributed by atoms with Crippen LogP contribution in [-0.4, -0.2) is 8.42 Å². The molecule has 100 valence electrons. The van der Waals surface area contributed by atoms with E-state index in [1.54, 1.807) is 12.1 Å². The van der Waals surface area contributed by atoms with E-state index < -0.39 is 10.0 Å². The number of anilines is 2. The van der Waals surface area contributed by atoms with E-state index in [9.17, 15) is 8.42 Å². The molecule has 0 aliphatic carbocycles. The normalized spacial score (nSPS) is 11.2. The minimum atomic E-state index is -3.64. The van der Waals surface area contributed by atoms with Crippen LogP contribution < -0.4 is 16.2 Å². The van der Waals surface area contributed by atoms with Gasteiger partial charge in [-0.05, 0) is 35.9 Å². The monoisotopic (exact) mass is 277 g/mol. The van der Waals surface area contributed by atoms with Crippen LogP contribution in [0.5, 0.6) is 0 Å². The first-order valence-corrected chi connectivity index (χ1v) is 7.21. The van der Waals surface area contributed by atoms with Crippen molar-refractivity contribution in [2.75, 3.05) is 11.1 Å². The summed E-state index contributed by atoms with van der Waals surface area (Å²) in [6.45, 7) is 0.571. The standard InChI is InChI=1S/C13H15N3O2S/c14-13-4-2-1-3-10(13)9-16-11-5-7-12(8-6-11)19(15,17)18/h1-8,16H,9,14H2,(H2,15,17,18). The van der Waals surface area contributed by atoms with Gasteiger partial charge in [0.1, 0.15) is 0 Å². The van der Waals surface area contributed by atoms with Crippen molar-refractivity contribution in [2.24, 2.45) is 5.14 Å². The summed E-state index contributed by atoms with van der Waals surface area (Å²) in [7, 11) is -3.64. The summed E-state index contributed by atoms with van der Waals surface area (Å²) in [5.41, 5.74) is 8.33. The van der Waals surface area contributed by atoms with Crippen LogP contribution in [0.25, 0.3) is 0 Å². The lowest BCUT2D eigenvalue weighted by Crippen LogP contribution is -2.12. The highest BCUT2D eigenvalue weighted by atomic mass is 32.2. The molecule has 0 spiro atoms. The largest absolute Gasteiger partial charge is 0.398 e. The van der Waals surface area contributed by atoms with E-state index in [0.29, 0.717) is 6.54 Å². The predicted octanol–water partition coefficient (Wildman–Crippen LogP) is 1.53. The maximum Gasteiger partial charge on any atom is 0.238 e. The summed E-state index contributed by atoms with van der Waals surface area (Å²) in [5, 5.41) is 8.19. The van der Waals surface area contributed by atoms with Crippen molar-refractivity contribution in [3.8, 4) is 0 Å². The van der Waals surface area contributed by atoms with E-state index in [4.69, 9.17) is 10.9 Å². The van der Waals surface area contributed by atoms with E-state index in [1.165, 1.54) is 12.1 Å². The molecule has 0 bridgehead atoms. The first kappa shape index (κ1) is 13.4. The molecular weight excluding hydrogens is 262 g/mol. The Kier molecular flexibility index (Phi) is 3.73. The average molecular weight is 277 g/mol. The number of sulfonamides is 1. The van der Waals surface area contributed by atoms with Gasteiger partial charge in [-0.25, -0.2) is 13.6 Å². The molecule has 0 radical (unpaired) electrons. The number of para-hydroxylation sites is 1. The molecule has 2 aromatic carbocycles. The van der Waals surface area contributed by atoms with Gasteiger partial charge in [0.05, 0.1) is 4.90 Å². The topological polar surface area (TPSA) is 98.2 Å². The Morgan fingerprint density at radius 2 is 1.63 bits per heavy atom. The second kappa shape index (κ2) is 5.29. The Morgan fingerprint density at radius 3 is 2.21 bits per heavy atom. The Balaban J connectivity index is 2.07. The molecule has 0 saturated heterocycles. The minimum Gasteiger partial charge on any atom is -0.398 e. The lowest BCUT2D eigenvalue weighted by atomic mass is 10.2. The Labute approximate surface area is 112 Å². The summed E-state index contributed by atoms with van der Waals surface area (Å²) >= 11 is 0. The number of nitrogens with two attached hydrogens (primary N) is 2. The van der Waals surface area contributed by atoms with Gasteiger partial charge < -0.3 is 11.1 Å². The zero-order chi connectivity index (χ0) is 13.9. The first-order chi connectivity index (χ1) is 8.97. The molecule has 2 aromatic rings. The fraction of sp³-hybridized carbons (Fsp3) is 0.0769. The molecule has 19 heavy (non-hydrogen) atoms. The van der Waals surface area contributed by atoms with Crippen molar-refractivity contribution >= 4 is 21.4 Å². The van der Waals surface area contributed by atoms with Crippen LogP contribution in [0, 0.1) is 0 Å². The van der Waals surface area contributed by atoms with Crippen LogP contribution in [-0.2, 0) is 16.6 Å². The molecule has 6 heteroatoms. The first-order valence-electron chi connectivity index (χ1n) is 5.67. The Hall–Kier alpha value is -2.05. The summed E-state index contributed by atoms with van der Waals surface area (Å²) in [6, 6.07) is 13.8. The summed E-state index contributed by atoms with van der Waals surface area (Å²) < 4.78 is 22.2. The Morgan fingerprint density at radius 1 is 1.00 bits per heavy atom. The van der Waals surface area contributed by atoms with E-state index in [1.807, 2.05) is 24.3 Å². The SMILES string of the molecule is Nc1ccccc1CNc1ccc(S(N)(=O)=O)cc1. The van der Waals surface area contributed by atoms with Crippen LogP contribution in [0.2, 0.25) is 0 Å². The van der Waals surface area contributed by atoms with Gasteiger partial charge in [0.25, 0.3) is 0 Å². The number of nitrogen functional groups attached to an aromatic ring is 1. The van der Waals surface area contributed by atoms with E-state index in [0.717, 1.165) is 16.9 Å². The van der Waals surface area contributed by atoms with Gasteiger partial charge in [-0.15, -0.1) is 0 Å². The van der Waals surface area contributed by atoms with Gasteiger partial charge in [-0.1, -0.05) is 18.2 Å². The van der Waals surface area contributed by atoms with Crippen molar-refractivity contribution in [1.82, 2.24) is 0 Å². The van der Waals surface area contributed by atoms with Crippen LogP contribution in [0.1, 0.15) is 5.56 Å². The maximum absolute atomic E-state index is 11.1. The highest BCUT2D eigenvalue weighted by Gasteiger charge is 2.06. The molecule has 0 heterocycles. The fourth-order valence-electron chi connectivity index (χ4n) is 1.65. The number of nitrogens with one attached hydrogen (secondary N) is 1. The fourth-order valence-corrected chi connectivity index (χ4v) is 2.17. The molecule has 0 aliphatic rings. The zero-order valence-electron chi connectivity index (χ0n) is 10.2. The van der Waals surface area contributed by atoms with Crippen molar-refractivity contribution in [1.29, 1.82) is 0 Å². The smallest absolute Gasteiger partial charge is 0.238 e. The molecule has 0 atom stereocenters. The second-order valence-electron chi connectivity index (χ2n) is 4.12. The van der Waals surface area contributed by atoms with Gasteiger partial charge in [0.2, 0.25) is 10.0 Å². The van der Waals surface area contributed by atoms with Crippen LogP contribution in [0.15, 0.2) is 53.4 Å². The van der Waals surface area contributed by atoms with Gasteiger partial charge in [0, 0.05) is 17.9 Å². The van der Waals surface area contributed by atoms with Crippen LogP contribution in [0.3, 0.4) is 0 Å². The third kappa shape index (κ3) is 3.46. The minimum absolute atomic E-state index is 0.0947. The number of hydrogen-bond acceptors (Lipinski definition) is 4. The van der Waals surface area contributed by atoms with E-state index in [2.05, 4.69) is 5.32 Å². The second-order valence-corrected chi connectivity index (χ2v) is 5.68. The molecule has 0 saturated carbocycles. The lowest BCUT2D eigenvalue weighted by Gasteiger charge is -2.09. The zero-order valence-corrected chi connectivity index (χ0v) is 11.0. The summed E-state index contributed by atoms with van der Waals surface area (Å²) in [6.07, 6.45) is 0. The Bertz CT molecular complexity index is 667. The molecule has 0 amide bonds. The molecule has 0 aromatic heterocycles. The maximum atomic E-state index is 11.1. The van der Waals surface area contributed by atoms with Crippen molar-refractivity contribution in [2.45, 2.75) is 11.4 Å². The predicted molar refractivity (Wildman–Crippen MR) is 76.0 cm³/mol. The van der Waals surface area contributed by atoms with Crippen molar-refractivity contribution in [3.05, 3.63) is 54.1 Å². The van der Waals surface area contributed by atoms with Gasteiger partial charge in [-0.3, -0.25) is 0 Å². The number of hydrogen-bond donors (Lipinski definition) is 3. The van der Waals surface area contributed by atoms with E-state index >= 15 is 0 Å². The third-order valence-electron chi connectivity index (χ3n) is 2.72. The number of primary sulfonamides is 1. The average Bonchev–Trinajstić information content (AvgIpc) is 2.37. The highest BCUT2D eigenvalue weighted by Crippen LogP contribution is 2.16. The number of benzene rings is 2. The van der Waals surface area contributed by atoms with Crippen molar-refractivity contribution in [3.63, 3.8) is 0 Å². The van der Waals surface area contributed by atoms with Gasteiger partial charge in [0.15, 0.2) is 0 Å². The molecule has 5 nitrogen and oxygen atoms in total. The van der Waals surface area contributed by atoms with Gasteiger partial charge >= 0.3 is 0 Å². The lowest BCUT2D eigenvalue weighted by molar-refractivity contribution is 0.598. The molecule has 0 fully saturated rings. The van der Waals surface area contributed by atoms with Crippen LogP contribution in [0.4, 0.5) is 11.4 Å². The van der Waals surface area contributed by atoms with Crippen LogP contribution >= 0.6 is 0 Å². The molecule has 0 aliphatic heterocycles.